The molecule has 0 bridgehead atoms. The van der Waals surface area contributed by atoms with Gasteiger partial charge in [0, 0.05) is 24.7 Å². The molecule has 0 heterocycles. The SMILES string of the molecule is CC(=O)Nc1ccc(C=Cc2ccc([N+](=O)[O-])cc2S(=O)(=O)O)cc1.[NaH]. The number of amides is 1. The van der Waals surface area contributed by atoms with Crippen molar-refractivity contribution in [2.75, 3.05) is 5.32 Å². The molecule has 0 saturated carbocycles. The van der Waals surface area contributed by atoms with E-state index in [0.29, 0.717) is 11.3 Å². The summed E-state index contributed by atoms with van der Waals surface area (Å²) in [7, 11) is -4.62. The molecule has 2 N–H and O–H groups in total. The van der Waals surface area contributed by atoms with E-state index < -0.39 is 25.6 Å². The monoisotopic (exact) mass is 386 g/mol. The Morgan fingerprint density at radius 1 is 1.15 bits per heavy atom. The van der Waals surface area contributed by atoms with Crippen molar-refractivity contribution in [3.63, 3.8) is 0 Å². The molecule has 0 aliphatic rings. The van der Waals surface area contributed by atoms with Crippen LogP contribution in [0.15, 0.2) is 47.4 Å². The van der Waals surface area contributed by atoms with Gasteiger partial charge in [0.25, 0.3) is 15.8 Å². The second-order valence-electron chi connectivity index (χ2n) is 5.09. The molecule has 1 amide bonds. The van der Waals surface area contributed by atoms with Crippen molar-refractivity contribution in [3.05, 3.63) is 63.7 Å². The Morgan fingerprint density at radius 2 is 1.77 bits per heavy atom. The van der Waals surface area contributed by atoms with Gasteiger partial charge < -0.3 is 5.32 Å². The summed E-state index contributed by atoms with van der Waals surface area (Å²) in [4.78, 5) is 20.4. The number of carbonyl (C=O) groups is 1. The minimum atomic E-state index is -4.62. The number of benzene rings is 2. The van der Waals surface area contributed by atoms with Gasteiger partial charge in [-0.25, -0.2) is 0 Å². The third-order valence-electron chi connectivity index (χ3n) is 3.17. The minimum absolute atomic E-state index is 0. The Bertz CT molecular complexity index is 955. The molecule has 0 saturated heterocycles. The number of hydrogen-bond donors (Lipinski definition) is 2. The van der Waals surface area contributed by atoms with Crippen LogP contribution in [0.4, 0.5) is 11.4 Å². The molecule has 132 valence electrons. The van der Waals surface area contributed by atoms with Crippen LogP contribution >= 0.6 is 0 Å². The average Bonchev–Trinajstić information content (AvgIpc) is 2.52. The summed E-state index contributed by atoms with van der Waals surface area (Å²) in [5, 5.41) is 13.4. The molecule has 2 rings (SSSR count). The fraction of sp³-hybridized carbons (Fsp3) is 0.0625. The first kappa shape index (κ1) is 22.0. The van der Waals surface area contributed by atoms with Gasteiger partial charge in [-0.2, -0.15) is 8.42 Å². The van der Waals surface area contributed by atoms with Crippen molar-refractivity contribution in [1.29, 1.82) is 0 Å². The van der Waals surface area contributed by atoms with Gasteiger partial charge in [0.05, 0.1) is 4.92 Å². The van der Waals surface area contributed by atoms with Gasteiger partial charge >= 0.3 is 29.6 Å². The summed E-state index contributed by atoms with van der Waals surface area (Å²) in [6.45, 7) is 1.39. The number of nitrogens with one attached hydrogen (secondary N) is 1. The molecule has 26 heavy (non-hydrogen) atoms. The Balaban J connectivity index is 0.00000338. The Kier molecular flexibility index (Phi) is 7.67. The molecule has 2 aromatic carbocycles. The molecule has 0 spiro atoms. The second-order valence-corrected chi connectivity index (χ2v) is 6.48. The fourth-order valence-electron chi connectivity index (χ4n) is 2.06. The summed E-state index contributed by atoms with van der Waals surface area (Å²) in [6.07, 6.45) is 2.99. The summed E-state index contributed by atoms with van der Waals surface area (Å²) in [6, 6.07) is 9.91. The predicted molar refractivity (Wildman–Crippen MR) is 99.7 cm³/mol. The van der Waals surface area contributed by atoms with Crippen molar-refractivity contribution >= 4 is 69.1 Å². The standard InChI is InChI=1S/C16H14N2O6S.Na.H/c1-11(19)17-14-7-3-12(4-8-14)2-5-13-6-9-15(18(20)21)10-16(13)25(22,23)24;;/h2-10H,1H3,(H,17,19)(H,22,23,24);;. The third-order valence-corrected chi connectivity index (χ3v) is 4.08. The molecular formula is C16H15N2NaO6S. The van der Waals surface area contributed by atoms with Crippen LogP contribution in [0.25, 0.3) is 12.2 Å². The molecule has 0 atom stereocenters. The number of anilines is 1. The van der Waals surface area contributed by atoms with Gasteiger partial charge in [-0.15, -0.1) is 0 Å². The van der Waals surface area contributed by atoms with E-state index in [1.165, 1.54) is 19.1 Å². The van der Waals surface area contributed by atoms with Gasteiger partial charge in [-0.1, -0.05) is 24.3 Å². The predicted octanol–water partition coefficient (Wildman–Crippen LogP) is 2.32. The van der Waals surface area contributed by atoms with E-state index in [-0.39, 0.29) is 41.0 Å². The topological polar surface area (TPSA) is 127 Å². The van der Waals surface area contributed by atoms with Crippen LogP contribution in [0.2, 0.25) is 0 Å². The molecule has 0 radical (unpaired) electrons. The third kappa shape index (κ3) is 6.04. The van der Waals surface area contributed by atoms with E-state index >= 15 is 0 Å². The molecule has 0 unspecified atom stereocenters. The van der Waals surface area contributed by atoms with Crippen LogP contribution in [0.5, 0.6) is 0 Å². The van der Waals surface area contributed by atoms with Crippen molar-refractivity contribution in [3.8, 4) is 0 Å². The van der Waals surface area contributed by atoms with Crippen LogP contribution in [0.3, 0.4) is 0 Å². The Hall–Kier alpha value is -2.04. The van der Waals surface area contributed by atoms with Crippen LogP contribution in [-0.4, -0.2) is 53.4 Å². The number of non-ortho nitro benzene ring substituents is 1. The average molecular weight is 386 g/mol. The van der Waals surface area contributed by atoms with E-state index in [2.05, 4.69) is 5.32 Å². The first-order valence-corrected chi connectivity index (χ1v) is 8.42. The van der Waals surface area contributed by atoms with Crippen LogP contribution in [-0.2, 0) is 14.9 Å². The van der Waals surface area contributed by atoms with Crippen LogP contribution < -0.4 is 5.32 Å². The number of nitro groups is 1. The molecule has 0 aliphatic carbocycles. The van der Waals surface area contributed by atoms with E-state index in [4.69, 9.17) is 0 Å². The fourth-order valence-corrected chi connectivity index (χ4v) is 2.77. The quantitative estimate of drug-likeness (QED) is 0.267. The first-order chi connectivity index (χ1) is 11.7. The number of carbonyl (C=O) groups excluding carboxylic acids is 1. The van der Waals surface area contributed by atoms with Crippen LogP contribution in [0.1, 0.15) is 18.1 Å². The molecule has 8 nitrogen and oxygen atoms in total. The summed E-state index contributed by atoms with van der Waals surface area (Å²) in [5.74, 6) is -0.202. The van der Waals surface area contributed by atoms with Gasteiger partial charge in [0.15, 0.2) is 0 Å². The summed E-state index contributed by atoms with van der Waals surface area (Å²) >= 11 is 0. The molecule has 0 fully saturated rings. The Labute approximate surface area is 172 Å². The second kappa shape index (κ2) is 9.06. The normalized spacial score (nSPS) is 11.0. The maximum atomic E-state index is 11.4. The summed E-state index contributed by atoms with van der Waals surface area (Å²) in [5.41, 5.74) is 0.982. The van der Waals surface area contributed by atoms with E-state index in [9.17, 15) is 27.9 Å². The molecule has 10 heteroatoms. The van der Waals surface area contributed by atoms with Gasteiger partial charge in [-0.3, -0.25) is 19.5 Å². The van der Waals surface area contributed by atoms with Crippen molar-refractivity contribution in [2.45, 2.75) is 11.8 Å². The van der Waals surface area contributed by atoms with Gasteiger partial charge in [0.1, 0.15) is 4.90 Å². The van der Waals surface area contributed by atoms with Crippen molar-refractivity contribution in [2.24, 2.45) is 0 Å². The Morgan fingerprint density at radius 3 is 2.27 bits per heavy atom. The van der Waals surface area contributed by atoms with Gasteiger partial charge in [-0.05, 0) is 29.3 Å². The zero-order valence-electron chi connectivity index (χ0n) is 13.0. The molecule has 2 aromatic rings. The zero-order chi connectivity index (χ0) is 18.6. The number of hydrogen-bond acceptors (Lipinski definition) is 5. The molecule has 0 aliphatic heterocycles. The van der Waals surface area contributed by atoms with E-state index in [0.717, 1.165) is 12.1 Å². The number of rotatable bonds is 5. The summed E-state index contributed by atoms with van der Waals surface area (Å²) < 4.78 is 32.2. The van der Waals surface area contributed by atoms with Crippen molar-refractivity contribution < 1.29 is 22.7 Å². The molecule has 0 aromatic heterocycles. The first-order valence-electron chi connectivity index (χ1n) is 6.98. The number of nitrogens with zero attached hydrogens (tertiary/aromatic N) is 1. The van der Waals surface area contributed by atoms with Gasteiger partial charge in [0.2, 0.25) is 5.91 Å². The molecular weight excluding hydrogens is 371 g/mol. The van der Waals surface area contributed by atoms with E-state index in [1.807, 2.05) is 0 Å². The maximum absolute atomic E-state index is 11.4. The van der Waals surface area contributed by atoms with Crippen LogP contribution in [0, 0.1) is 10.1 Å². The van der Waals surface area contributed by atoms with E-state index in [1.54, 1.807) is 30.3 Å². The van der Waals surface area contributed by atoms with Crippen molar-refractivity contribution in [1.82, 2.24) is 0 Å². The zero-order valence-corrected chi connectivity index (χ0v) is 13.9. The number of nitro benzene ring substituents is 1.